The molecule has 0 atom stereocenters. The van der Waals surface area contributed by atoms with E-state index >= 15 is 0 Å². The van der Waals surface area contributed by atoms with Crippen LogP contribution in [0.5, 0.6) is 0 Å². The fourth-order valence-corrected chi connectivity index (χ4v) is 5.27. The van der Waals surface area contributed by atoms with Gasteiger partial charge in [0.15, 0.2) is 0 Å². The predicted octanol–water partition coefficient (Wildman–Crippen LogP) is 5.47. The number of anilines is 1. The smallest absolute Gasteiger partial charge is 0.254 e. The van der Waals surface area contributed by atoms with Gasteiger partial charge in [-0.05, 0) is 61.9 Å². The van der Waals surface area contributed by atoms with Gasteiger partial charge in [0.25, 0.3) is 5.91 Å². The lowest BCUT2D eigenvalue weighted by Gasteiger charge is -2.32. The Balaban J connectivity index is 1.62. The molecule has 4 aromatic rings. The van der Waals surface area contributed by atoms with Gasteiger partial charge in [-0.15, -0.1) is 0 Å². The molecule has 1 fully saturated rings. The third kappa shape index (κ3) is 5.12. The zero-order valence-electron chi connectivity index (χ0n) is 22.2. The van der Waals surface area contributed by atoms with Crippen molar-refractivity contribution in [3.05, 3.63) is 100 Å². The maximum Gasteiger partial charge on any atom is 0.254 e. The summed E-state index contributed by atoms with van der Waals surface area (Å²) in [4.78, 5) is 20.1. The van der Waals surface area contributed by atoms with Gasteiger partial charge in [-0.25, -0.2) is 4.39 Å². The number of hydrogen-bond donors (Lipinski definition) is 0. The first-order valence-corrected chi connectivity index (χ1v) is 12.9. The fourth-order valence-electron chi connectivity index (χ4n) is 5.27. The molecule has 3 aromatic carbocycles. The minimum Gasteiger partial charge on any atom is -0.369 e. The van der Waals surface area contributed by atoms with E-state index in [0.29, 0.717) is 6.54 Å². The summed E-state index contributed by atoms with van der Waals surface area (Å²) < 4.78 is 15.9. The van der Waals surface area contributed by atoms with Crippen LogP contribution in [-0.2, 0) is 13.1 Å². The summed E-state index contributed by atoms with van der Waals surface area (Å²) in [5, 5.41) is 1.11. The quantitative estimate of drug-likeness (QED) is 0.353. The van der Waals surface area contributed by atoms with Gasteiger partial charge in [0, 0.05) is 63.0 Å². The lowest BCUT2D eigenvalue weighted by Crippen LogP contribution is -2.47. The Morgan fingerprint density at radius 1 is 0.919 bits per heavy atom. The van der Waals surface area contributed by atoms with Crippen molar-refractivity contribution in [2.75, 3.05) is 45.2 Å². The summed E-state index contributed by atoms with van der Waals surface area (Å²) in [6.07, 6.45) is 0. The van der Waals surface area contributed by atoms with Crippen LogP contribution in [0.15, 0.2) is 66.7 Å². The molecule has 0 aliphatic carbocycles. The third-order valence-electron chi connectivity index (χ3n) is 7.68. The standard InChI is InChI=1S/C31H35FN4O/c1-22-23(2)36(21-24-8-6-5-7-9-24)30-28(22)18-26(31(37)35-16-14-33(3)15-17-35)19-29(30)34(4)20-25-10-12-27(32)13-11-25/h5-13,18-19H,14-17,20-21H2,1-4H3. The lowest BCUT2D eigenvalue weighted by molar-refractivity contribution is 0.0664. The summed E-state index contributed by atoms with van der Waals surface area (Å²) in [5.41, 5.74) is 7.48. The number of aromatic nitrogens is 1. The number of carbonyl (C=O) groups is 1. The molecule has 5 nitrogen and oxygen atoms in total. The average molecular weight is 499 g/mol. The highest BCUT2D eigenvalue weighted by Gasteiger charge is 2.24. The molecular weight excluding hydrogens is 463 g/mol. The summed E-state index contributed by atoms with van der Waals surface area (Å²) >= 11 is 0. The summed E-state index contributed by atoms with van der Waals surface area (Å²) in [6.45, 7) is 8.91. The maximum atomic E-state index is 13.7. The Bertz CT molecular complexity index is 1400. The number of piperazine rings is 1. The number of rotatable bonds is 6. The van der Waals surface area contributed by atoms with Gasteiger partial charge in [-0.1, -0.05) is 42.5 Å². The SMILES string of the molecule is Cc1c(C)n(Cc2ccccc2)c2c(N(C)Cc3ccc(F)cc3)cc(C(=O)N3CCN(C)CC3)cc12. The van der Waals surface area contributed by atoms with Gasteiger partial charge in [0.1, 0.15) is 5.82 Å². The van der Waals surface area contributed by atoms with Gasteiger partial charge in [-0.2, -0.15) is 0 Å². The molecule has 6 heteroatoms. The van der Waals surface area contributed by atoms with Crippen LogP contribution in [0.25, 0.3) is 10.9 Å². The van der Waals surface area contributed by atoms with E-state index in [4.69, 9.17) is 0 Å². The van der Waals surface area contributed by atoms with E-state index in [1.807, 2.05) is 36.2 Å². The molecule has 0 N–H and O–H groups in total. The van der Waals surface area contributed by atoms with E-state index in [1.165, 1.54) is 29.0 Å². The number of nitrogens with zero attached hydrogens (tertiary/aromatic N) is 4. The Labute approximate surface area is 218 Å². The maximum absolute atomic E-state index is 13.7. The Hall–Kier alpha value is -3.64. The predicted molar refractivity (Wildman–Crippen MR) is 149 cm³/mol. The highest BCUT2D eigenvalue weighted by molar-refractivity contribution is 6.04. The van der Waals surface area contributed by atoms with Crippen LogP contribution in [0, 0.1) is 19.7 Å². The van der Waals surface area contributed by atoms with Crippen molar-refractivity contribution < 1.29 is 9.18 Å². The first-order chi connectivity index (χ1) is 17.8. The molecule has 0 unspecified atom stereocenters. The fraction of sp³-hybridized carbons (Fsp3) is 0.323. The van der Waals surface area contributed by atoms with Crippen molar-refractivity contribution in [1.82, 2.24) is 14.4 Å². The molecule has 1 saturated heterocycles. The number of hydrogen-bond acceptors (Lipinski definition) is 3. The van der Waals surface area contributed by atoms with E-state index in [-0.39, 0.29) is 11.7 Å². The van der Waals surface area contributed by atoms with E-state index < -0.39 is 0 Å². The molecular formula is C31H35FN4O. The Kier molecular flexibility index (Phi) is 7.02. The number of amides is 1. The van der Waals surface area contributed by atoms with Gasteiger partial charge in [0.05, 0.1) is 11.2 Å². The molecule has 1 aromatic heterocycles. The van der Waals surface area contributed by atoms with Crippen molar-refractivity contribution in [3.63, 3.8) is 0 Å². The van der Waals surface area contributed by atoms with Crippen LogP contribution in [0.1, 0.15) is 32.7 Å². The number of likely N-dealkylation sites (N-methyl/N-ethyl adjacent to an activating group) is 1. The first kappa shape index (κ1) is 25.0. The van der Waals surface area contributed by atoms with Gasteiger partial charge in [0.2, 0.25) is 0 Å². The number of aryl methyl sites for hydroxylation is 1. The van der Waals surface area contributed by atoms with Crippen LogP contribution in [-0.4, -0.2) is 60.5 Å². The van der Waals surface area contributed by atoms with Crippen molar-refractivity contribution in [3.8, 4) is 0 Å². The molecule has 1 aliphatic heterocycles. The topological polar surface area (TPSA) is 31.7 Å². The van der Waals surface area contributed by atoms with E-state index in [1.54, 1.807) is 0 Å². The summed E-state index contributed by atoms with van der Waals surface area (Å²) in [7, 11) is 4.14. The van der Waals surface area contributed by atoms with Crippen LogP contribution in [0.3, 0.4) is 0 Å². The van der Waals surface area contributed by atoms with Gasteiger partial charge >= 0.3 is 0 Å². The van der Waals surface area contributed by atoms with E-state index in [2.05, 4.69) is 65.6 Å². The molecule has 0 spiro atoms. The number of benzene rings is 3. The summed E-state index contributed by atoms with van der Waals surface area (Å²) in [6, 6.07) is 21.2. The Morgan fingerprint density at radius 3 is 2.27 bits per heavy atom. The molecule has 192 valence electrons. The monoisotopic (exact) mass is 498 g/mol. The van der Waals surface area contributed by atoms with Crippen LogP contribution >= 0.6 is 0 Å². The van der Waals surface area contributed by atoms with Crippen LogP contribution < -0.4 is 4.90 Å². The average Bonchev–Trinajstić information content (AvgIpc) is 3.15. The van der Waals surface area contributed by atoms with Crippen LogP contribution in [0.2, 0.25) is 0 Å². The van der Waals surface area contributed by atoms with Gasteiger partial charge in [-0.3, -0.25) is 4.79 Å². The van der Waals surface area contributed by atoms with Crippen molar-refractivity contribution in [1.29, 1.82) is 0 Å². The van der Waals surface area contributed by atoms with E-state index in [9.17, 15) is 9.18 Å². The zero-order valence-corrected chi connectivity index (χ0v) is 22.2. The molecule has 1 amide bonds. The molecule has 0 bridgehead atoms. The normalized spacial score (nSPS) is 14.4. The molecule has 0 radical (unpaired) electrons. The van der Waals surface area contributed by atoms with Crippen LogP contribution in [0.4, 0.5) is 10.1 Å². The molecule has 2 heterocycles. The number of fused-ring (bicyclic) bond motifs is 1. The van der Waals surface area contributed by atoms with Crippen molar-refractivity contribution >= 4 is 22.5 Å². The molecule has 37 heavy (non-hydrogen) atoms. The van der Waals surface area contributed by atoms with Crippen molar-refractivity contribution in [2.24, 2.45) is 0 Å². The van der Waals surface area contributed by atoms with E-state index in [0.717, 1.165) is 60.4 Å². The first-order valence-electron chi connectivity index (χ1n) is 12.9. The Morgan fingerprint density at radius 2 is 1.59 bits per heavy atom. The highest BCUT2D eigenvalue weighted by atomic mass is 19.1. The molecule has 5 rings (SSSR count). The summed E-state index contributed by atoms with van der Waals surface area (Å²) in [5.74, 6) is -0.157. The van der Waals surface area contributed by atoms with Crippen molar-refractivity contribution in [2.45, 2.75) is 26.9 Å². The molecule has 1 aliphatic rings. The number of halogens is 1. The second-order valence-corrected chi connectivity index (χ2v) is 10.3. The second kappa shape index (κ2) is 10.4. The molecule has 0 saturated carbocycles. The minimum atomic E-state index is -0.239. The lowest BCUT2D eigenvalue weighted by atomic mass is 10.0. The largest absolute Gasteiger partial charge is 0.369 e. The van der Waals surface area contributed by atoms with Gasteiger partial charge < -0.3 is 19.3 Å². The number of carbonyl (C=O) groups excluding carboxylic acids is 1. The minimum absolute atomic E-state index is 0.0827. The highest BCUT2D eigenvalue weighted by Crippen LogP contribution is 2.36. The zero-order chi connectivity index (χ0) is 26.1. The second-order valence-electron chi connectivity index (χ2n) is 10.3. The third-order valence-corrected chi connectivity index (χ3v) is 7.68.